The molecule has 1 unspecified atom stereocenters. The fourth-order valence-corrected chi connectivity index (χ4v) is 4.81. The third kappa shape index (κ3) is 1.81. The highest BCUT2D eigenvalue weighted by atomic mass is 32.2. The number of sulfone groups is 1. The molecule has 2 fully saturated rings. The van der Waals surface area contributed by atoms with E-state index >= 15 is 0 Å². The second kappa shape index (κ2) is 3.69. The molecule has 3 rings (SSSR count). The van der Waals surface area contributed by atoms with E-state index in [-0.39, 0.29) is 23.4 Å². The zero-order valence-electron chi connectivity index (χ0n) is 10.1. The standard InChI is InChI=1S/C11H17N3O3S/c12-9-11(4-1-5-18(16,17)7-11)14(10(15)13-9)6-8-2-3-8/h8H,1-7H2,(H2,12,13,15). The van der Waals surface area contributed by atoms with E-state index in [1.165, 1.54) is 0 Å². The summed E-state index contributed by atoms with van der Waals surface area (Å²) in [6.07, 6.45) is 3.37. The quantitative estimate of drug-likeness (QED) is 0.773. The van der Waals surface area contributed by atoms with Crippen molar-refractivity contribution < 1.29 is 13.2 Å². The van der Waals surface area contributed by atoms with Gasteiger partial charge < -0.3 is 10.6 Å². The average Bonchev–Trinajstić information content (AvgIpc) is 3.03. The lowest BCUT2D eigenvalue weighted by Gasteiger charge is -2.40. The van der Waals surface area contributed by atoms with Gasteiger partial charge in [0.25, 0.3) is 0 Å². The van der Waals surface area contributed by atoms with Gasteiger partial charge in [-0.25, -0.2) is 13.2 Å². The van der Waals surface area contributed by atoms with Crippen molar-refractivity contribution in [1.29, 1.82) is 0 Å². The molecule has 1 aliphatic carbocycles. The minimum absolute atomic E-state index is 0.0617. The number of nitrogens with two attached hydrogens (primary N) is 1. The Balaban J connectivity index is 1.94. The zero-order valence-corrected chi connectivity index (χ0v) is 10.9. The third-order valence-corrected chi connectivity index (χ3v) is 5.91. The molecule has 0 aromatic heterocycles. The van der Waals surface area contributed by atoms with Crippen molar-refractivity contribution in [3.05, 3.63) is 0 Å². The summed E-state index contributed by atoms with van der Waals surface area (Å²) in [6.45, 7) is 0.596. The minimum atomic E-state index is -3.13. The molecular formula is C11H17N3O3S. The first-order valence-corrected chi connectivity index (χ1v) is 8.12. The molecule has 100 valence electrons. The van der Waals surface area contributed by atoms with E-state index in [0.717, 1.165) is 12.8 Å². The largest absolute Gasteiger partial charge is 0.385 e. The van der Waals surface area contributed by atoms with E-state index in [4.69, 9.17) is 5.73 Å². The number of urea groups is 1. The molecule has 0 bridgehead atoms. The molecule has 18 heavy (non-hydrogen) atoms. The topological polar surface area (TPSA) is 92.8 Å². The first kappa shape index (κ1) is 12.0. The van der Waals surface area contributed by atoms with Crippen LogP contribution in [0.25, 0.3) is 0 Å². The maximum Gasteiger partial charge on any atom is 0.346 e. The Kier molecular flexibility index (Phi) is 2.45. The van der Waals surface area contributed by atoms with Crippen molar-refractivity contribution in [2.24, 2.45) is 16.6 Å². The Morgan fingerprint density at radius 2 is 2.17 bits per heavy atom. The van der Waals surface area contributed by atoms with Crippen LogP contribution in [-0.4, -0.2) is 48.8 Å². The number of hydrogen-bond acceptors (Lipinski definition) is 4. The van der Waals surface area contributed by atoms with Gasteiger partial charge in [-0.15, -0.1) is 0 Å². The van der Waals surface area contributed by atoms with Crippen molar-refractivity contribution in [2.75, 3.05) is 18.1 Å². The zero-order chi connectivity index (χ0) is 13.0. The van der Waals surface area contributed by atoms with Crippen LogP contribution in [0.5, 0.6) is 0 Å². The monoisotopic (exact) mass is 271 g/mol. The number of hydrogen-bond donors (Lipinski definition) is 1. The van der Waals surface area contributed by atoms with Crippen LogP contribution in [0.2, 0.25) is 0 Å². The number of amidine groups is 1. The van der Waals surface area contributed by atoms with Crippen molar-refractivity contribution in [3.8, 4) is 0 Å². The van der Waals surface area contributed by atoms with E-state index in [1.807, 2.05) is 0 Å². The summed E-state index contributed by atoms with van der Waals surface area (Å²) in [4.78, 5) is 17.3. The molecule has 3 aliphatic rings. The summed E-state index contributed by atoms with van der Waals surface area (Å²) in [7, 11) is -3.13. The number of amides is 2. The van der Waals surface area contributed by atoms with E-state index in [2.05, 4.69) is 4.99 Å². The predicted molar refractivity (Wildman–Crippen MR) is 67.1 cm³/mol. The van der Waals surface area contributed by atoms with Crippen molar-refractivity contribution in [3.63, 3.8) is 0 Å². The number of carbonyl (C=O) groups is 1. The second-order valence-corrected chi connectivity index (χ2v) is 7.74. The number of rotatable bonds is 2. The van der Waals surface area contributed by atoms with Crippen molar-refractivity contribution >= 4 is 21.7 Å². The molecule has 2 amide bonds. The Morgan fingerprint density at radius 1 is 1.44 bits per heavy atom. The molecular weight excluding hydrogens is 254 g/mol. The number of carbonyl (C=O) groups excluding carboxylic acids is 1. The molecule has 0 radical (unpaired) electrons. The molecule has 7 heteroatoms. The number of aliphatic imine (C=N–C) groups is 1. The maximum atomic E-state index is 11.9. The molecule has 1 saturated heterocycles. The second-order valence-electron chi connectivity index (χ2n) is 5.56. The molecule has 0 aromatic carbocycles. The van der Waals surface area contributed by atoms with Crippen LogP contribution in [0, 0.1) is 5.92 Å². The van der Waals surface area contributed by atoms with Crippen LogP contribution in [-0.2, 0) is 9.84 Å². The van der Waals surface area contributed by atoms with Gasteiger partial charge in [-0.05, 0) is 31.6 Å². The lowest BCUT2D eigenvalue weighted by molar-refractivity contribution is 0.168. The fourth-order valence-electron chi connectivity index (χ4n) is 2.91. The Morgan fingerprint density at radius 3 is 2.78 bits per heavy atom. The highest BCUT2D eigenvalue weighted by Gasteiger charge is 2.53. The van der Waals surface area contributed by atoms with Gasteiger partial charge in [0, 0.05) is 6.54 Å². The lowest BCUT2D eigenvalue weighted by atomic mass is 9.92. The molecule has 1 saturated carbocycles. The van der Waals surface area contributed by atoms with Crippen molar-refractivity contribution in [2.45, 2.75) is 31.2 Å². The Hall–Kier alpha value is -1.11. The highest BCUT2D eigenvalue weighted by Crippen LogP contribution is 2.38. The molecule has 2 aliphatic heterocycles. The Labute approximate surface area is 106 Å². The summed E-state index contributed by atoms with van der Waals surface area (Å²) < 4.78 is 23.7. The summed E-state index contributed by atoms with van der Waals surface area (Å²) in [5.74, 6) is 0.814. The van der Waals surface area contributed by atoms with Crippen LogP contribution in [0.3, 0.4) is 0 Å². The maximum absolute atomic E-state index is 11.9. The smallest absolute Gasteiger partial charge is 0.346 e. The molecule has 2 N–H and O–H groups in total. The third-order valence-electron chi connectivity index (χ3n) is 4.08. The van der Waals surface area contributed by atoms with Gasteiger partial charge in [-0.3, -0.25) is 0 Å². The van der Waals surface area contributed by atoms with Gasteiger partial charge in [-0.2, -0.15) is 4.99 Å². The summed E-state index contributed by atoms with van der Waals surface area (Å²) >= 11 is 0. The van der Waals surface area contributed by atoms with Crippen LogP contribution in [0.1, 0.15) is 25.7 Å². The normalized spacial score (nSPS) is 35.0. The SMILES string of the molecule is NC1=NC(=O)N(CC2CC2)C12CCCS(=O)(=O)C2. The summed E-state index contributed by atoms with van der Waals surface area (Å²) in [5, 5.41) is 0. The van der Waals surface area contributed by atoms with Gasteiger partial charge >= 0.3 is 6.03 Å². The summed E-state index contributed by atoms with van der Waals surface area (Å²) in [5.41, 5.74) is 5.02. The number of nitrogens with zero attached hydrogens (tertiary/aromatic N) is 2. The average molecular weight is 271 g/mol. The minimum Gasteiger partial charge on any atom is -0.385 e. The van der Waals surface area contributed by atoms with Gasteiger partial charge in [0.05, 0.1) is 11.5 Å². The molecule has 1 spiro atoms. The lowest BCUT2D eigenvalue weighted by Crippen LogP contribution is -2.60. The summed E-state index contributed by atoms with van der Waals surface area (Å²) in [6, 6.07) is -0.364. The molecule has 0 aromatic rings. The van der Waals surface area contributed by atoms with Crippen LogP contribution in [0.4, 0.5) is 4.79 Å². The first-order chi connectivity index (χ1) is 8.43. The molecule has 1 atom stereocenters. The van der Waals surface area contributed by atoms with E-state index in [1.54, 1.807) is 4.90 Å². The van der Waals surface area contributed by atoms with E-state index < -0.39 is 15.4 Å². The fraction of sp³-hybridized carbons (Fsp3) is 0.818. The van der Waals surface area contributed by atoms with Gasteiger partial charge in [0.1, 0.15) is 11.4 Å². The Bertz CT molecular complexity index is 524. The molecule has 2 heterocycles. The van der Waals surface area contributed by atoms with E-state index in [0.29, 0.717) is 25.3 Å². The molecule has 6 nitrogen and oxygen atoms in total. The van der Waals surface area contributed by atoms with Gasteiger partial charge in [0.15, 0.2) is 9.84 Å². The van der Waals surface area contributed by atoms with Gasteiger partial charge in [-0.1, -0.05) is 0 Å². The van der Waals surface area contributed by atoms with Crippen LogP contribution in [0.15, 0.2) is 4.99 Å². The van der Waals surface area contributed by atoms with Crippen molar-refractivity contribution in [1.82, 2.24) is 4.90 Å². The van der Waals surface area contributed by atoms with E-state index in [9.17, 15) is 13.2 Å². The highest BCUT2D eigenvalue weighted by molar-refractivity contribution is 7.91. The van der Waals surface area contributed by atoms with Crippen LogP contribution >= 0.6 is 0 Å². The van der Waals surface area contributed by atoms with Gasteiger partial charge in [0.2, 0.25) is 0 Å². The predicted octanol–water partition coefficient (Wildman–Crippen LogP) is 0.137. The van der Waals surface area contributed by atoms with Crippen LogP contribution < -0.4 is 5.73 Å². The first-order valence-electron chi connectivity index (χ1n) is 6.30.